The van der Waals surface area contributed by atoms with Crippen LogP contribution in [0.3, 0.4) is 0 Å². The number of Topliss-reactive ketones (excluding diaryl/α,β-unsaturated/α-hetero) is 1. The van der Waals surface area contributed by atoms with E-state index in [4.69, 9.17) is 4.74 Å². The van der Waals surface area contributed by atoms with Crippen LogP contribution in [0.2, 0.25) is 0 Å². The number of ether oxygens (including phenoxy) is 1. The number of benzene rings is 2. The summed E-state index contributed by atoms with van der Waals surface area (Å²) in [5, 5.41) is 3.37. The first-order chi connectivity index (χ1) is 12.8. The monoisotopic (exact) mass is 347 g/mol. The minimum absolute atomic E-state index is 0.0537. The Morgan fingerprint density at radius 3 is 2.62 bits per heavy atom. The minimum atomic E-state index is 0.0537. The number of carbonyl (C=O) groups is 1. The average Bonchev–Trinajstić information content (AvgIpc) is 3.02. The van der Waals surface area contributed by atoms with Crippen LogP contribution in [0.4, 0.5) is 5.69 Å². The van der Waals surface area contributed by atoms with Crippen molar-refractivity contribution in [3.05, 3.63) is 77.9 Å². The van der Waals surface area contributed by atoms with E-state index in [-0.39, 0.29) is 11.7 Å². The number of allylic oxidation sites excluding steroid dienone is 3. The molecule has 1 fully saturated rings. The van der Waals surface area contributed by atoms with E-state index in [1.165, 1.54) is 0 Å². The van der Waals surface area contributed by atoms with E-state index in [1.54, 1.807) is 0 Å². The molecule has 1 N–H and O–H groups in total. The molecule has 0 aliphatic heterocycles. The Hall–Kier alpha value is -2.81. The van der Waals surface area contributed by atoms with E-state index >= 15 is 0 Å². The van der Waals surface area contributed by atoms with Crippen LogP contribution in [0.15, 0.2) is 72.3 Å². The molecule has 1 aliphatic rings. The summed E-state index contributed by atoms with van der Waals surface area (Å²) in [6, 6.07) is 18.0. The van der Waals surface area contributed by atoms with Crippen molar-refractivity contribution in [3.8, 4) is 5.75 Å². The van der Waals surface area contributed by atoms with Crippen molar-refractivity contribution in [2.45, 2.75) is 19.8 Å². The third-order valence-electron chi connectivity index (χ3n) is 4.55. The first-order valence-electron chi connectivity index (χ1n) is 9.19. The Kier molecular flexibility index (Phi) is 6.26. The van der Waals surface area contributed by atoms with Crippen LogP contribution >= 0.6 is 0 Å². The first kappa shape index (κ1) is 18.0. The second kappa shape index (κ2) is 9.04. The number of nitrogens with one attached hydrogen (secondary N) is 1. The van der Waals surface area contributed by atoms with E-state index in [2.05, 4.69) is 17.4 Å². The molecule has 3 rings (SSSR count). The maximum absolute atomic E-state index is 12.5. The van der Waals surface area contributed by atoms with Crippen molar-refractivity contribution in [2.75, 3.05) is 18.5 Å². The molecule has 0 aromatic heterocycles. The normalized spacial score (nSPS) is 18.6. The van der Waals surface area contributed by atoms with Gasteiger partial charge in [0.2, 0.25) is 0 Å². The minimum Gasteiger partial charge on any atom is -0.494 e. The topological polar surface area (TPSA) is 38.3 Å². The zero-order valence-corrected chi connectivity index (χ0v) is 15.2. The molecule has 3 nitrogen and oxygen atoms in total. The van der Waals surface area contributed by atoms with E-state index in [9.17, 15) is 4.79 Å². The molecule has 0 bridgehead atoms. The summed E-state index contributed by atoms with van der Waals surface area (Å²) < 4.78 is 5.44. The number of anilines is 1. The molecule has 0 spiro atoms. The highest BCUT2D eigenvalue weighted by Crippen LogP contribution is 2.27. The molecule has 1 unspecified atom stereocenters. The van der Waals surface area contributed by atoms with Gasteiger partial charge < -0.3 is 10.1 Å². The fraction of sp³-hybridized carbons (Fsp3) is 0.261. The molecule has 0 amide bonds. The highest BCUT2D eigenvalue weighted by atomic mass is 16.5. The number of ketones is 1. The summed E-state index contributed by atoms with van der Waals surface area (Å²) in [5.41, 5.74) is 3.09. The average molecular weight is 347 g/mol. The van der Waals surface area contributed by atoms with Gasteiger partial charge in [-0.2, -0.15) is 0 Å². The molecule has 2 aromatic rings. The third-order valence-corrected chi connectivity index (χ3v) is 4.55. The Morgan fingerprint density at radius 1 is 1.12 bits per heavy atom. The molecule has 1 aliphatic carbocycles. The summed E-state index contributed by atoms with van der Waals surface area (Å²) >= 11 is 0. The van der Waals surface area contributed by atoms with Crippen molar-refractivity contribution >= 4 is 17.5 Å². The third kappa shape index (κ3) is 4.85. The summed E-state index contributed by atoms with van der Waals surface area (Å²) in [6.45, 7) is 3.31. The second-order valence-electron chi connectivity index (χ2n) is 6.40. The summed E-state index contributed by atoms with van der Waals surface area (Å²) in [7, 11) is 0. The van der Waals surface area contributed by atoms with Crippen LogP contribution in [0.1, 0.15) is 25.3 Å². The van der Waals surface area contributed by atoms with Crippen molar-refractivity contribution < 1.29 is 9.53 Å². The highest BCUT2D eigenvalue weighted by molar-refractivity contribution is 6.00. The molecule has 3 heteroatoms. The van der Waals surface area contributed by atoms with Crippen LogP contribution in [0, 0.1) is 5.92 Å². The predicted octanol–water partition coefficient (Wildman–Crippen LogP) is 5.12. The largest absolute Gasteiger partial charge is 0.494 e. The van der Waals surface area contributed by atoms with E-state index in [0.717, 1.165) is 35.4 Å². The lowest BCUT2D eigenvalue weighted by atomic mass is 10.1. The highest BCUT2D eigenvalue weighted by Gasteiger charge is 2.28. The maximum atomic E-state index is 12.5. The van der Waals surface area contributed by atoms with Gasteiger partial charge in [-0.05, 0) is 55.2 Å². The van der Waals surface area contributed by atoms with Crippen molar-refractivity contribution in [2.24, 2.45) is 5.92 Å². The second-order valence-corrected chi connectivity index (χ2v) is 6.40. The summed E-state index contributed by atoms with van der Waals surface area (Å²) in [5.74, 6) is 1.18. The van der Waals surface area contributed by atoms with Crippen LogP contribution in [0.5, 0.6) is 5.75 Å². The molecule has 0 saturated heterocycles. The molecular formula is C23H25NO2. The summed E-state index contributed by atoms with van der Waals surface area (Å²) in [4.78, 5) is 12.5. The molecule has 1 saturated carbocycles. The Labute approximate surface area is 155 Å². The quantitative estimate of drug-likeness (QED) is 0.707. The molecule has 0 radical (unpaired) electrons. The lowest BCUT2D eigenvalue weighted by molar-refractivity contribution is -0.117. The fourth-order valence-corrected chi connectivity index (χ4v) is 3.12. The van der Waals surface area contributed by atoms with Gasteiger partial charge in [0, 0.05) is 18.2 Å². The number of carbonyl (C=O) groups excluding carboxylic acids is 1. The van der Waals surface area contributed by atoms with Gasteiger partial charge in [-0.15, -0.1) is 0 Å². The molecular weight excluding hydrogens is 322 g/mol. The number of hydrogen-bond acceptors (Lipinski definition) is 3. The first-order valence-corrected chi connectivity index (χ1v) is 9.19. The molecule has 134 valence electrons. The number of rotatable bonds is 7. The van der Waals surface area contributed by atoms with Crippen LogP contribution in [-0.2, 0) is 4.79 Å². The van der Waals surface area contributed by atoms with Gasteiger partial charge in [-0.1, -0.05) is 48.6 Å². The Balaban J connectivity index is 1.52. The van der Waals surface area contributed by atoms with E-state index in [1.807, 2.05) is 67.6 Å². The Morgan fingerprint density at radius 2 is 1.88 bits per heavy atom. The van der Waals surface area contributed by atoms with E-state index in [0.29, 0.717) is 13.2 Å². The molecule has 26 heavy (non-hydrogen) atoms. The lowest BCUT2D eigenvalue weighted by Crippen LogP contribution is -2.18. The van der Waals surface area contributed by atoms with Crippen molar-refractivity contribution in [3.63, 3.8) is 0 Å². The standard InChI is InChI=1S/C23H25NO2/c1-2-26-22-15-13-21(14-16-22)24-17-20-12-11-19(23(20)25)10-6-9-18-7-4-3-5-8-18/h3-10,13-16,20,24H,2,11-12,17H2,1H3. The van der Waals surface area contributed by atoms with Gasteiger partial charge in [-0.3, -0.25) is 4.79 Å². The molecule has 1 atom stereocenters. The van der Waals surface area contributed by atoms with E-state index < -0.39 is 0 Å². The van der Waals surface area contributed by atoms with Crippen LogP contribution < -0.4 is 10.1 Å². The molecule has 0 heterocycles. The fourth-order valence-electron chi connectivity index (χ4n) is 3.12. The van der Waals surface area contributed by atoms with Gasteiger partial charge in [0.25, 0.3) is 0 Å². The molecule has 2 aromatic carbocycles. The lowest BCUT2D eigenvalue weighted by Gasteiger charge is -2.11. The summed E-state index contributed by atoms with van der Waals surface area (Å²) in [6.07, 6.45) is 7.74. The van der Waals surface area contributed by atoms with Crippen LogP contribution in [0.25, 0.3) is 6.08 Å². The van der Waals surface area contributed by atoms with Gasteiger partial charge >= 0.3 is 0 Å². The predicted molar refractivity (Wildman–Crippen MR) is 107 cm³/mol. The zero-order chi connectivity index (χ0) is 18.2. The van der Waals surface area contributed by atoms with Gasteiger partial charge in [0.05, 0.1) is 6.61 Å². The zero-order valence-electron chi connectivity index (χ0n) is 15.2. The van der Waals surface area contributed by atoms with Crippen molar-refractivity contribution in [1.82, 2.24) is 0 Å². The number of hydrogen-bond donors (Lipinski definition) is 1. The maximum Gasteiger partial charge on any atom is 0.163 e. The SMILES string of the molecule is CCOc1ccc(NCC2CCC(=CC=Cc3ccccc3)C2=O)cc1. The van der Waals surface area contributed by atoms with Gasteiger partial charge in [0.15, 0.2) is 5.78 Å². The smallest absolute Gasteiger partial charge is 0.163 e. The Bertz CT molecular complexity index is 776. The van der Waals surface area contributed by atoms with Gasteiger partial charge in [-0.25, -0.2) is 0 Å². The van der Waals surface area contributed by atoms with Crippen LogP contribution in [-0.4, -0.2) is 18.9 Å². The van der Waals surface area contributed by atoms with Crippen molar-refractivity contribution in [1.29, 1.82) is 0 Å². The van der Waals surface area contributed by atoms with Gasteiger partial charge in [0.1, 0.15) is 5.75 Å².